The fraction of sp³-hybridized carbons (Fsp3) is 0.172. The van der Waals surface area contributed by atoms with Crippen LogP contribution < -0.4 is 14.2 Å². The fourth-order valence-corrected chi connectivity index (χ4v) is 6.46. The Hall–Kier alpha value is -3.38. The smallest absolute Gasteiger partial charge is 0.449 e. The van der Waals surface area contributed by atoms with Gasteiger partial charge >= 0.3 is 6.16 Å². The lowest BCUT2D eigenvalue weighted by Crippen LogP contribution is -2.38. The van der Waals surface area contributed by atoms with E-state index in [1.54, 1.807) is 36.4 Å². The number of carbonyl (C=O) groups is 1. The van der Waals surface area contributed by atoms with Gasteiger partial charge in [0.1, 0.15) is 0 Å². The second-order valence-electron chi connectivity index (χ2n) is 9.54. The molecule has 218 valence electrons. The van der Waals surface area contributed by atoms with Crippen LogP contribution in [0, 0.1) is 0 Å². The number of carboxylic acid groups (broad SMARTS) is 1. The van der Waals surface area contributed by atoms with Crippen LogP contribution in [0.25, 0.3) is 17.3 Å². The highest BCUT2D eigenvalue weighted by Gasteiger charge is 2.35. The van der Waals surface area contributed by atoms with Gasteiger partial charge in [0.2, 0.25) is 0 Å². The van der Waals surface area contributed by atoms with Gasteiger partial charge in [-0.15, -0.1) is 5.10 Å². The number of allylic oxidation sites excluding steroid dienone is 1. The molecule has 1 aromatic heterocycles. The van der Waals surface area contributed by atoms with Crippen LogP contribution in [0.1, 0.15) is 47.7 Å². The number of rotatable bonds is 8. The van der Waals surface area contributed by atoms with E-state index in [1.807, 2.05) is 36.4 Å². The van der Waals surface area contributed by atoms with Crippen molar-refractivity contribution < 1.29 is 23.1 Å². The van der Waals surface area contributed by atoms with Gasteiger partial charge in [-0.1, -0.05) is 77.3 Å². The topological polar surface area (TPSA) is 123 Å². The molecule has 0 radical (unpaired) electrons. The summed E-state index contributed by atoms with van der Waals surface area (Å²) in [6.07, 6.45) is 1.76. The summed E-state index contributed by atoms with van der Waals surface area (Å²) in [6.45, 7) is 0.0651. The molecule has 1 heterocycles. The van der Waals surface area contributed by atoms with Gasteiger partial charge < -0.3 is 9.84 Å². The number of halogens is 3. The minimum absolute atomic E-state index is 0.0651. The Balaban J connectivity index is 1.65. The van der Waals surface area contributed by atoms with Gasteiger partial charge in [-0.05, 0) is 72.4 Å². The zero-order valence-corrected chi connectivity index (χ0v) is 25.0. The van der Waals surface area contributed by atoms with Crippen molar-refractivity contribution in [3.63, 3.8) is 0 Å². The number of nitrogens with one attached hydrogen (secondary N) is 2. The van der Waals surface area contributed by atoms with Crippen molar-refractivity contribution in [1.29, 1.82) is 0 Å². The molecule has 0 fully saturated rings. The van der Waals surface area contributed by atoms with Crippen LogP contribution in [-0.2, 0) is 16.8 Å². The Morgan fingerprint density at radius 2 is 1.76 bits per heavy atom. The third kappa shape index (κ3) is 7.15. The van der Waals surface area contributed by atoms with Crippen molar-refractivity contribution in [3.8, 4) is 11.6 Å². The molecule has 3 N–H and O–H groups in total. The van der Waals surface area contributed by atoms with E-state index in [0.29, 0.717) is 40.7 Å². The predicted molar refractivity (Wildman–Crippen MR) is 163 cm³/mol. The number of benzene rings is 3. The molecule has 0 saturated carbocycles. The van der Waals surface area contributed by atoms with Gasteiger partial charge in [0, 0.05) is 16.6 Å². The summed E-state index contributed by atoms with van der Waals surface area (Å²) < 4.78 is 38.3. The number of fused-ring (bicyclic) bond motifs is 1. The van der Waals surface area contributed by atoms with Crippen LogP contribution in [0.2, 0.25) is 15.1 Å². The maximum Gasteiger partial charge on any atom is 0.512 e. The molecule has 1 atom stereocenters. The first-order valence-electron chi connectivity index (χ1n) is 12.9. The number of hydrogen-bond donors (Lipinski definition) is 3. The highest BCUT2D eigenvalue weighted by molar-refractivity contribution is 7.87. The molecule has 9 nitrogen and oxygen atoms in total. The van der Waals surface area contributed by atoms with E-state index in [-0.39, 0.29) is 23.0 Å². The second-order valence-corrected chi connectivity index (χ2v) is 12.3. The van der Waals surface area contributed by atoms with Gasteiger partial charge in [-0.25, -0.2) is 9.48 Å². The summed E-state index contributed by atoms with van der Waals surface area (Å²) in [5, 5.41) is 15.3. The molecule has 0 saturated heterocycles. The molecule has 1 aliphatic rings. The van der Waals surface area contributed by atoms with Crippen LogP contribution in [-0.4, -0.2) is 29.5 Å². The fourth-order valence-electron chi connectivity index (χ4n) is 4.80. The minimum atomic E-state index is -4.05. The molecule has 1 aliphatic carbocycles. The lowest BCUT2D eigenvalue weighted by atomic mass is 10.0. The zero-order chi connectivity index (χ0) is 29.9. The normalized spacial score (nSPS) is 16.2. The maximum atomic E-state index is 13.2. The SMILES string of the molecule is O=C(O)Oc1nn(-c2ccc(Cl)cc2Cl)c2c1C(NS(=O)(=O)NCc1ccccc1)CCC/C2=C\c1ccc(Cl)cc1. The van der Waals surface area contributed by atoms with E-state index in [9.17, 15) is 18.3 Å². The standard InChI is InChI=1S/C29H25Cl3N4O5S/c30-21-11-9-18(10-12-21)15-20-7-4-8-24(35-42(39,40)33-17-19-5-2-1-3-6-19)26-27(20)36(34-28(26)41-29(37)38)25-14-13-22(31)16-23(25)32/h1-3,5-6,9-16,24,33,35H,4,7-8,17H2,(H,37,38)/b20-15+. The molecule has 13 heteroatoms. The highest BCUT2D eigenvalue weighted by atomic mass is 35.5. The third-order valence-electron chi connectivity index (χ3n) is 6.62. The average Bonchev–Trinajstić information content (AvgIpc) is 3.21. The molecule has 42 heavy (non-hydrogen) atoms. The quantitative estimate of drug-likeness (QED) is 0.136. The van der Waals surface area contributed by atoms with Crippen LogP contribution in [0.5, 0.6) is 5.88 Å². The lowest BCUT2D eigenvalue weighted by molar-refractivity contribution is 0.141. The molecule has 0 aliphatic heterocycles. The molecule has 3 aromatic carbocycles. The van der Waals surface area contributed by atoms with Gasteiger partial charge in [0.25, 0.3) is 16.1 Å². The van der Waals surface area contributed by atoms with Gasteiger partial charge in [-0.2, -0.15) is 17.9 Å². The first-order valence-corrected chi connectivity index (χ1v) is 15.5. The van der Waals surface area contributed by atoms with Crippen molar-refractivity contribution in [2.45, 2.75) is 31.8 Å². The average molecular weight is 648 g/mol. The van der Waals surface area contributed by atoms with Gasteiger partial charge in [-0.3, -0.25) is 0 Å². The lowest BCUT2D eigenvalue weighted by Gasteiger charge is -2.18. The maximum absolute atomic E-state index is 13.2. The molecule has 1 unspecified atom stereocenters. The summed E-state index contributed by atoms with van der Waals surface area (Å²) in [5.74, 6) is -0.261. The summed E-state index contributed by atoms with van der Waals surface area (Å²) in [4.78, 5) is 11.8. The molecule has 0 amide bonds. The minimum Gasteiger partial charge on any atom is -0.449 e. The summed E-state index contributed by atoms with van der Waals surface area (Å²) in [7, 11) is -4.05. The monoisotopic (exact) mass is 646 g/mol. The van der Waals surface area contributed by atoms with Crippen LogP contribution in [0.15, 0.2) is 72.8 Å². The van der Waals surface area contributed by atoms with Crippen molar-refractivity contribution in [1.82, 2.24) is 19.2 Å². The Morgan fingerprint density at radius 1 is 1.05 bits per heavy atom. The Kier molecular flexibility index (Phi) is 9.22. The van der Waals surface area contributed by atoms with Crippen molar-refractivity contribution in [2.75, 3.05) is 0 Å². The van der Waals surface area contributed by atoms with Gasteiger partial charge in [0.15, 0.2) is 0 Å². The molecule has 4 aromatic rings. The van der Waals surface area contributed by atoms with E-state index >= 15 is 0 Å². The molecular weight excluding hydrogens is 623 g/mol. The summed E-state index contributed by atoms with van der Waals surface area (Å²) in [5.41, 5.74) is 3.51. The molecular formula is C29H25Cl3N4O5S. The van der Waals surface area contributed by atoms with Crippen molar-refractivity contribution in [2.24, 2.45) is 0 Å². The number of nitrogens with zero attached hydrogens (tertiary/aromatic N) is 2. The first-order chi connectivity index (χ1) is 20.1. The Bertz CT molecular complexity index is 1740. The van der Waals surface area contributed by atoms with Crippen LogP contribution >= 0.6 is 34.8 Å². The van der Waals surface area contributed by atoms with Gasteiger partial charge in [0.05, 0.1) is 28.0 Å². The molecule has 0 bridgehead atoms. The van der Waals surface area contributed by atoms with E-state index < -0.39 is 22.4 Å². The first kappa shape index (κ1) is 30.1. The Morgan fingerprint density at radius 3 is 2.45 bits per heavy atom. The summed E-state index contributed by atoms with van der Waals surface area (Å²) in [6, 6.07) is 20.2. The molecule has 5 rings (SSSR count). The largest absolute Gasteiger partial charge is 0.512 e. The van der Waals surface area contributed by atoms with E-state index in [0.717, 1.165) is 16.7 Å². The van der Waals surface area contributed by atoms with E-state index in [4.69, 9.17) is 39.5 Å². The van der Waals surface area contributed by atoms with Crippen molar-refractivity contribution in [3.05, 3.63) is 110 Å². The van der Waals surface area contributed by atoms with E-state index in [1.165, 1.54) is 10.7 Å². The Labute approximate surface area is 257 Å². The number of aromatic nitrogens is 2. The third-order valence-corrected chi connectivity index (χ3v) is 8.53. The zero-order valence-electron chi connectivity index (χ0n) is 21.9. The van der Waals surface area contributed by atoms with Crippen molar-refractivity contribution >= 4 is 62.8 Å². The second kappa shape index (κ2) is 12.9. The highest BCUT2D eigenvalue weighted by Crippen LogP contribution is 2.43. The van der Waals surface area contributed by atoms with E-state index in [2.05, 4.69) is 14.5 Å². The molecule has 0 spiro atoms. The number of hydrogen-bond acceptors (Lipinski definition) is 5. The number of ether oxygens (including phenoxy) is 1. The van der Waals surface area contributed by atoms with Crippen LogP contribution in [0.3, 0.4) is 0 Å². The summed E-state index contributed by atoms with van der Waals surface area (Å²) >= 11 is 18.8. The predicted octanol–water partition coefficient (Wildman–Crippen LogP) is 7.28. The van der Waals surface area contributed by atoms with Crippen LogP contribution in [0.4, 0.5) is 4.79 Å².